The van der Waals surface area contributed by atoms with Crippen LogP contribution in [0.5, 0.6) is 0 Å². The van der Waals surface area contributed by atoms with Crippen molar-refractivity contribution in [1.82, 2.24) is 14.5 Å². The van der Waals surface area contributed by atoms with Crippen LogP contribution in [0.3, 0.4) is 0 Å². The summed E-state index contributed by atoms with van der Waals surface area (Å²) in [4.78, 5) is 20.9. The Kier molecular flexibility index (Phi) is 5.02. The van der Waals surface area contributed by atoms with E-state index in [4.69, 9.17) is 11.5 Å². The number of carbonyl (C=O) groups is 1. The molecule has 0 fully saturated rings. The summed E-state index contributed by atoms with van der Waals surface area (Å²) in [5, 5.41) is 5.25. The van der Waals surface area contributed by atoms with Crippen molar-refractivity contribution < 1.29 is 4.79 Å². The lowest BCUT2D eigenvalue weighted by Gasteiger charge is -2.12. The number of rotatable bonds is 5. The van der Waals surface area contributed by atoms with Gasteiger partial charge in [-0.1, -0.05) is 30.0 Å². The molecule has 0 radical (unpaired) electrons. The van der Waals surface area contributed by atoms with Gasteiger partial charge in [-0.15, -0.1) is 0 Å². The molecule has 0 saturated carbocycles. The minimum Gasteiger partial charge on any atom is -0.383 e. The Morgan fingerprint density at radius 2 is 1.76 bits per heavy atom. The van der Waals surface area contributed by atoms with Crippen molar-refractivity contribution in [2.45, 2.75) is 30.8 Å². The second-order valence-corrected chi connectivity index (χ2v) is 8.05. The molecule has 0 aliphatic carbocycles. The highest BCUT2D eigenvalue weighted by molar-refractivity contribution is 8.00. The highest BCUT2D eigenvalue weighted by atomic mass is 32.2. The first kappa shape index (κ1) is 19.1. The van der Waals surface area contributed by atoms with Gasteiger partial charge in [0, 0.05) is 40.1 Å². The van der Waals surface area contributed by atoms with Gasteiger partial charge in [0.25, 0.3) is 0 Å². The minimum absolute atomic E-state index is 0.141. The van der Waals surface area contributed by atoms with Gasteiger partial charge in [-0.05, 0) is 38.1 Å². The van der Waals surface area contributed by atoms with Crippen LogP contribution in [0.15, 0.2) is 53.7 Å². The van der Waals surface area contributed by atoms with E-state index >= 15 is 0 Å². The maximum atomic E-state index is 12.7. The molecule has 1 amide bonds. The number of nitrogens with zero attached hydrogens (tertiary/aromatic N) is 3. The Hall–Kier alpha value is -3.26. The van der Waals surface area contributed by atoms with Crippen LogP contribution in [0.1, 0.15) is 13.8 Å². The lowest BCUT2D eigenvalue weighted by molar-refractivity contribution is -0.115. The van der Waals surface area contributed by atoms with Gasteiger partial charge in [-0.3, -0.25) is 4.79 Å². The van der Waals surface area contributed by atoms with E-state index in [1.165, 1.54) is 28.7 Å². The number of para-hydroxylation sites is 1. The lowest BCUT2D eigenvalue weighted by Crippen LogP contribution is -2.22. The number of hydrogen-bond acceptors (Lipinski definition) is 6. The van der Waals surface area contributed by atoms with Crippen LogP contribution in [0, 0.1) is 0 Å². The number of nitrogens with one attached hydrogen (secondary N) is 1. The van der Waals surface area contributed by atoms with Crippen LogP contribution in [0.4, 0.5) is 17.3 Å². The number of aromatic nitrogens is 3. The van der Waals surface area contributed by atoms with E-state index < -0.39 is 5.25 Å². The molecule has 0 aliphatic rings. The van der Waals surface area contributed by atoms with Crippen LogP contribution < -0.4 is 16.8 Å². The number of nitrogen functional groups attached to an aromatic ring is 2. The third-order valence-electron chi connectivity index (χ3n) is 4.75. The zero-order chi connectivity index (χ0) is 20.5. The first-order valence-electron chi connectivity index (χ1n) is 9.35. The fourth-order valence-corrected chi connectivity index (χ4v) is 4.24. The predicted molar refractivity (Wildman–Crippen MR) is 120 cm³/mol. The molecule has 2 aromatic carbocycles. The van der Waals surface area contributed by atoms with Gasteiger partial charge in [0.2, 0.25) is 5.91 Å². The Bertz CT molecular complexity index is 1200. The van der Waals surface area contributed by atoms with E-state index in [0.29, 0.717) is 5.16 Å². The van der Waals surface area contributed by atoms with E-state index in [1.807, 2.05) is 30.3 Å². The number of aryl methyl sites for hydroxylation is 1. The van der Waals surface area contributed by atoms with Crippen LogP contribution >= 0.6 is 11.8 Å². The summed E-state index contributed by atoms with van der Waals surface area (Å²) in [6.07, 6.45) is 0. The molecule has 0 saturated heterocycles. The molecule has 0 bridgehead atoms. The fourth-order valence-electron chi connectivity index (χ4n) is 3.44. The Labute approximate surface area is 172 Å². The summed E-state index contributed by atoms with van der Waals surface area (Å²) >= 11 is 1.21. The van der Waals surface area contributed by atoms with Crippen molar-refractivity contribution in [3.05, 3.63) is 48.5 Å². The quantitative estimate of drug-likeness (QED) is 0.342. The molecule has 29 heavy (non-hydrogen) atoms. The van der Waals surface area contributed by atoms with Crippen molar-refractivity contribution in [2.24, 2.45) is 0 Å². The number of nitrogens with two attached hydrogens (primary N) is 2. The van der Waals surface area contributed by atoms with E-state index in [2.05, 4.69) is 38.9 Å². The van der Waals surface area contributed by atoms with Crippen molar-refractivity contribution in [3.8, 4) is 0 Å². The molecule has 2 heterocycles. The summed E-state index contributed by atoms with van der Waals surface area (Å²) in [6.45, 7) is 4.81. The normalized spacial score (nSPS) is 12.3. The Balaban J connectivity index is 1.58. The smallest absolute Gasteiger partial charge is 0.237 e. The maximum absolute atomic E-state index is 12.7. The van der Waals surface area contributed by atoms with E-state index in [-0.39, 0.29) is 17.5 Å². The maximum Gasteiger partial charge on any atom is 0.237 e. The monoisotopic (exact) mass is 406 g/mol. The Morgan fingerprint density at radius 1 is 1.07 bits per heavy atom. The van der Waals surface area contributed by atoms with Gasteiger partial charge in [-0.2, -0.15) is 0 Å². The molecule has 5 N–H and O–H groups in total. The highest BCUT2D eigenvalue weighted by Crippen LogP contribution is 2.31. The molecule has 0 aliphatic heterocycles. The van der Waals surface area contributed by atoms with Crippen molar-refractivity contribution in [3.63, 3.8) is 0 Å². The van der Waals surface area contributed by atoms with Crippen LogP contribution in [0.2, 0.25) is 0 Å². The molecule has 0 spiro atoms. The summed E-state index contributed by atoms with van der Waals surface area (Å²) < 4.78 is 2.27. The van der Waals surface area contributed by atoms with Gasteiger partial charge in [0.15, 0.2) is 5.16 Å². The summed E-state index contributed by atoms with van der Waals surface area (Å²) in [5.41, 5.74) is 14.5. The van der Waals surface area contributed by atoms with Gasteiger partial charge < -0.3 is 21.4 Å². The first-order chi connectivity index (χ1) is 14.0. The standard InChI is InChI=1S/C21H22N6OS/c1-3-27-16-7-5-4-6-14(16)15-10-13(8-9-17(15)27)24-20(28)12(2)29-21-25-18(22)11-19(23)26-21/h4-12H,3H2,1-2H3,(H,24,28)(H4,22,23,25,26). The molecular weight excluding hydrogens is 384 g/mol. The molecular formula is C21H22N6OS. The number of anilines is 3. The number of thioether (sulfide) groups is 1. The zero-order valence-corrected chi connectivity index (χ0v) is 17.0. The Morgan fingerprint density at radius 3 is 2.48 bits per heavy atom. The largest absolute Gasteiger partial charge is 0.383 e. The number of amides is 1. The second kappa shape index (κ2) is 7.63. The molecule has 7 nitrogen and oxygen atoms in total. The zero-order valence-electron chi connectivity index (χ0n) is 16.2. The molecule has 2 aromatic heterocycles. The third kappa shape index (κ3) is 3.71. The fraction of sp³-hybridized carbons (Fsp3) is 0.190. The first-order valence-corrected chi connectivity index (χ1v) is 10.2. The van der Waals surface area contributed by atoms with Crippen LogP contribution in [-0.4, -0.2) is 25.7 Å². The second-order valence-electron chi connectivity index (χ2n) is 6.74. The van der Waals surface area contributed by atoms with Gasteiger partial charge >= 0.3 is 0 Å². The SMILES string of the molecule is CCn1c2ccccc2c2cc(NC(=O)C(C)Sc3nc(N)cc(N)n3)ccc21. The summed E-state index contributed by atoms with van der Waals surface area (Å²) in [5.74, 6) is 0.425. The highest BCUT2D eigenvalue weighted by Gasteiger charge is 2.18. The minimum atomic E-state index is -0.413. The summed E-state index contributed by atoms with van der Waals surface area (Å²) in [6, 6.07) is 15.8. The van der Waals surface area contributed by atoms with Crippen molar-refractivity contribution >= 4 is 56.8 Å². The van der Waals surface area contributed by atoms with Gasteiger partial charge in [0.1, 0.15) is 11.6 Å². The lowest BCUT2D eigenvalue weighted by atomic mass is 10.1. The molecule has 8 heteroatoms. The van der Waals surface area contributed by atoms with Crippen molar-refractivity contribution in [1.29, 1.82) is 0 Å². The average Bonchev–Trinajstić information content (AvgIpc) is 3.00. The number of carbonyl (C=O) groups excluding carboxylic acids is 1. The molecule has 148 valence electrons. The third-order valence-corrected chi connectivity index (χ3v) is 5.71. The number of hydrogen-bond donors (Lipinski definition) is 3. The molecule has 4 aromatic rings. The number of fused-ring (bicyclic) bond motifs is 3. The average molecular weight is 407 g/mol. The molecule has 1 atom stereocenters. The van der Waals surface area contributed by atoms with Gasteiger partial charge in [0.05, 0.1) is 5.25 Å². The van der Waals surface area contributed by atoms with E-state index in [0.717, 1.165) is 23.1 Å². The topological polar surface area (TPSA) is 112 Å². The summed E-state index contributed by atoms with van der Waals surface area (Å²) in [7, 11) is 0. The van der Waals surface area contributed by atoms with Gasteiger partial charge in [-0.25, -0.2) is 9.97 Å². The molecule has 4 rings (SSSR count). The number of benzene rings is 2. The van der Waals surface area contributed by atoms with E-state index in [1.54, 1.807) is 6.92 Å². The molecule has 1 unspecified atom stereocenters. The van der Waals surface area contributed by atoms with Crippen LogP contribution in [0.25, 0.3) is 21.8 Å². The van der Waals surface area contributed by atoms with Crippen molar-refractivity contribution in [2.75, 3.05) is 16.8 Å². The van der Waals surface area contributed by atoms with E-state index in [9.17, 15) is 4.79 Å². The van der Waals surface area contributed by atoms with Crippen LogP contribution in [-0.2, 0) is 11.3 Å². The predicted octanol–water partition coefficient (Wildman–Crippen LogP) is 3.89.